The smallest absolute Gasteiger partial charge is 0.252 e. The maximum Gasteiger partial charge on any atom is 0.252 e. The molecule has 144 valence electrons. The highest BCUT2D eigenvalue weighted by molar-refractivity contribution is 6.01. The fourth-order valence-corrected chi connectivity index (χ4v) is 4.13. The first-order chi connectivity index (χ1) is 14.2. The third kappa shape index (κ3) is 3.15. The predicted octanol–water partition coefficient (Wildman–Crippen LogP) is 4.00. The topological polar surface area (TPSA) is 77.2 Å². The Morgan fingerprint density at radius 1 is 0.931 bits per heavy atom. The number of aromatic hydroxyl groups is 1. The maximum atomic E-state index is 12.5. The largest absolute Gasteiger partial charge is 0.508 e. The number of hydrogen-bond acceptors (Lipinski definition) is 3. The Kier molecular flexibility index (Phi) is 4.30. The second-order valence-corrected chi connectivity index (χ2v) is 7.33. The van der Waals surface area contributed by atoms with E-state index >= 15 is 0 Å². The standard InChI is InChI=1S/C24H21N3O2/c28-16-10-11-17-19(12-16)23(27-24(17)29)22-18-8-4-5-9-20(18)26-21(22)14-25-13-15-6-2-1-3-7-15/h1-12,23,25-26,28H,13-14H2,(H,27,29). The van der Waals surface area contributed by atoms with Gasteiger partial charge in [0, 0.05) is 40.8 Å². The second kappa shape index (κ2) is 7.11. The molecule has 1 aromatic heterocycles. The minimum atomic E-state index is -0.297. The minimum absolute atomic E-state index is 0.113. The number of hydrogen-bond donors (Lipinski definition) is 4. The van der Waals surface area contributed by atoms with Gasteiger partial charge in [0.15, 0.2) is 0 Å². The summed E-state index contributed by atoms with van der Waals surface area (Å²) in [6.07, 6.45) is 0. The Labute approximate surface area is 168 Å². The summed E-state index contributed by atoms with van der Waals surface area (Å²) >= 11 is 0. The lowest BCUT2D eigenvalue weighted by atomic mass is 9.95. The molecule has 4 N–H and O–H groups in total. The van der Waals surface area contributed by atoms with Crippen LogP contribution in [0.5, 0.6) is 5.75 Å². The number of carbonyl (C=O) groups is 1. The molecule has 5 heteroatoms. The summed E-state index contributed by atoms with van der Waals surface area (Å²) in [5.41, 5.74) is 5.74. The van der Waals surface area contributed by atoms with Crippen molar-refractivity contribution in [3.63, 3.8) is 0 Å². The monoisotopic (exact) mass is 383 g/mol. The molecule has 0 spiro atoms. The number of phenols is 1. The highest BCUT2D eigenvalue weighted by atomic mass is 16.3. The molecule has 3 aromatic carbocycles. The molecular formula is C24H21N3O2. The summed E-state index contributed by atoms with van der Waals surface area (Å²) in [5.74, 6) is 0.0484. The summed E-state index contributed by atoms with van der Waals surface area (Å²) < 4.78 is 0. The van der Waals surface area contributed by atoms with Gasteiger partial charge in [-0.1, -0.05) is 48.5 Å². The van der Waals surface area contributed by atoms with Crippen LogP contribution in [0.15, 0.2) is 72.8 Å². The van der Waals surface area contributed by atoms with Crippen molar-refractivity contribution in [2.75, 3.05) is 0 Å². The van der Waals surface area contributed by atoms with E-state index < -0.39 is 0 Å². The number of amides is 1. The van der Waals surface area contributed by atoms with Crippen molar-refractivity contribution in [2.24, 2.45) is 0 Å². The third-order valence-electron chi connectivity index (χ3n) is 5.46. The Bertz CT molecular complexity index is 1200. The molecule has 0 radical (unpaired) electrons. The predicted molar refractivity (Wildman–Crippen MR) is 113 cm³/mol. The van der Waals surface area contributed by atoms with Crippen LogP contribution in [0.4, 0.5) is 0 Å². The minimum Gasteiger partial charge on any atom is -0.508 e. The van der Waals surface area contributed by atoms with Crippen molar-refractivity contribution < 1.29 is 9.90 Å². The van der Waals surface area contributed by atoms with Gasteiger partial charge in [0.25, 0.3) is 5.91 Å². The normalized spacial score (nSPS) is 15.4. The van der Waals surface area contributed by atoms with Crippen molar-refractivity contribution in [1.82, 2.24) is 15.6 Å². The van der Waals surface area contributed by atoms with Crippen LogP contribution in [-0.2, 0) is 13.1 Å². The van der Waals surface area contributed by atoms with E-state index in [9.17, 15) is 9.90 Å². The molecule has 0 saturated heterocycles. The third-order valence-corrected chi connectivity index (χ3v) is 5.46. The summed E-state index contributed by atoms with van der Waals surface area (Å²) in [5, 5.41) is 17.7. The first-order valence-corrected chi connectivity index (χ1v) is 9.68. The van der Waals surface area contributed by atoms with Crippen LogP contribution in [0, 0.1) is 0 Å². The second-order valence-electron chi connectivity index (χ2n) is 7.33. The molecule has 5 nitrogen and oxygen atoms in total. The Hall–Kier alpha value is -3.57. The van der Waals surface area contributed by atoms with Gasteiger partial charge in [0.2, 0.25) is 0 Å². The first kappa shape index (κ1) is 17.5. The van der Waals surface area contributed by atoms with E-state index in [2.05, 4.69) is 33.8 Å². The molecule has 0 bridgehead atoms. The molecule has 0 aliphatic carbocycles. The molecule has 0 fully saturated rings. The van der Waals surface area contributed by atoms with Crippen molar-refractivity contribution >= 4 is 16.8 Å². The molecule has 1 atom stereocenters. The van der Waals surface area contributed by atoms with Crippen LogP contribution in [-0.4, -0.2) is 16.0 Å². The van der Waals surface area contributed by atoms with Gasteiger partial charge in [0.1, 0.15) is 5.75 Å². The van der Waals surface area contributed by atoms with Crippen LogP contribution < -0.4 is 10.6 Å². The molecule has 29 heavy (non-hydrogen) atoms. The average molecular weight is 383 g/mol. The van der Waals surface area contributed by atoms with Crippen molar-refractivity contribution in [2.45, 2.75) is 19.1 Å². The lowest BCUT2D eigenvalue weighted by molar-refractivity contribution is 0.0960. The summed E-state index contributed by atoms with van der Waals surface area (Å²) in [7, 11) is 0. The first-order valence-electron chi connectivity index (χ1n) is 9.68. The zero-order chi connectivity index (χ0) is 19.8. The van der Waals surface area contributed by atoms with Crippen molar-refractivity contribution in [1.29, 1.82) is 0 Å². The highest BCUT2D eigenvalue weighted by Crippen LogP contribution is 2.38. The Morgan fingerprint density at radius 3 is 2.59 bits per heavy atom. The lowest BCUT2D eigenvalue weighted by Gasteiger charge is -2.15. The number of carbonyl (C=O) groups excluding carboxylic acids is 1. The molecule has 1 aliphatic rings. The highest BCUT2D eigenvalue weighted by Gasteiger charge is 2.33. The van der Waals surface area contributed by atoms with Gasteiger partial charge < -0.3 is 20.7 Å². The number of nitrogens with one attached hydrogen (secondary N) is 3. The quantitative estimate of drug-likeness (QED) is 0.421. The summed E-state index contributed by atoms with van der Waals surface area (Å²) in [4.78, 5) is 16.0. The Morgan fingerprint density at radius 2 is 1.72 bits per heavy atom. The van der Waals surface area contributed by atoms with E-state index in [0.717, 1.165) is 34.3 Å². The zero-order valence-electron chi connectivity index (χ0n) is 15.8. The van der Waals surface area contributed by atoms with Crippen LogP contribution in [0.1, 0.15) is 38.8 Å². The zero-order valence-corrected chi connectivity index (χ0v) is 15.8. The molecule has 4 aromatic rings. The molecule has 5 rings (SSSR count). The number of aromatic amines is 1. The van der Waals surface area contributed by atoms with Gasteiger partial charge in [-0.2, -0.15) is 0 Å². The van der Waals surface area contributed by atoms with Gasteiger partial charge in [-0.05, 0) is 35.4 Å². The van der Waals surface area contributed by atoms with E-state index in [0.29, 0.717) is 12.1 Å². The summed E-state index contributed by atoms with van der Waals surface area (Å²) in [6.45, 7) is 1.39. The Balaban J connectivity index is 1.53. The maximum absolute atomic E-state index is 12.5. The summed E-state index contributed by atoms with van der Waals surface area (Å²) in [6, 6.07) is 23.0. The number of aromatic nitrogens is 1. The van der Waals surface area contributed by atoms with Gasteiger partial charge in [-0.25, -0.2) is 0 Å². The van der Waals surface area contributed by atoms with E-state index in [1.54, 1.807) is 18.2 Å². The molecule has 1 unspecified atom stereocenters. The lowest BCUT2D eigenvalue weighted by Crippen LogP contribution is -2.22. The van der Waals surface area contributed by atoms with Crippen LogP contribution in [0.3, 0.4) is 0 Å². The van der Waals surface area contributed by atoms with Crippen molar-refractivity contribution in [3.8, 4) is 5.75 Å². The molecule has 1 aliphatic heterocycles. The van der Waals surface area contributed by atoms with Gasteiger partial charge in [-0.15, -0.1) is 0 Å². The number of para-hydroxylation sites is 1. The van der Waals surface area contributed by atoms with Gasteiger partial charge >= 0.3 is 0 Å². The number of H-pyrrole nitrogens is 1. The number of rotatable bonds is 5. The fraction of sp³-hybridized carbons (Fsp3) is 0.125. The molecule has 1 amide bonds. The van der Waals surface area contributed by atoms with E-state index in [1.165, 1.54) is 5.56 Å². The molecular weight excluding hydrogens is 362 g/mol. The average Bonchev–Trinajstić information content (AvgIpc) is 3.25. The van der Waals surface area contributed by atoms with Crippen LogP contribution in [0.2, 0.25) is 0 Å². The SMILES string of the molecule is O=C1NC(c2c(CNCc3ccccc3)[nH]c3ccccc23)c2cc(O)ccc21. The number of fused-ring (bicyclic) bond motifs is 2. The van der Waals surface area contributed by atoms with E-state index in [-0.39, 0.29) is 17.7 Å². The van der Waals surface area contributed by atoms with Gasteiger partial charge in [0.05, 0.1) is 6.04 Å². The molecule has 2 heterocycles. The van der Waals surface area contributed by atoms with E-state index in [1.807, 2.05) is 36.4 Å². The van der Waals surface area contributed by atoms with Gasteiger partial charge in [-0.3, -0.25) is 4.79 Å². The van der Waals surface area contributed by atoms with E-state index in [4.69, 9.17) is 0 Å². The molecule has 0 saturated carbocycles. The number of phenolic OH excluding ortho intramolecular Hbond substituents is 1. The number of benzene rings is 3. The van der Waals surface area contributed by atoms with Crippen LogP contribution >= 0.6 is 0 Å². The van der Waals surface area contributed by atoms with Crippen LogP contribution in [0.25, 0.3) is 10.9 Å². The van der Waals surface area contributed by atoms with Crippen molar-refractivity contribution in [3.05, 3.63) is 101 Å². The fourth-order valence-electron chi connectivity index (χ4n) is 4.13.